The lowest BCUT2D eigenvalue weighted by molar-refractivity contribution is 1.06. The van der Waals surface area contributed by atoms with Gasteiger partial charge in [-0.15, -0.1) is 0 Å². The van der Waals surface area contributed by atoms with Crippen LogP contribution in [-0.2, 0) is 0 Å². The Morgan fingerprint density at radius 2 is 0.833 bits per heavy atom. The number of fused-ring (bicyclic) bond motifs is 1. The van der Waals surface area contributed by atoms with Crippen LogP contribution in [0.4, 0.5) is 0 Å². The van der Waals surface area contributed by atoms with Crippen LogP contribution in [0.1, 0.15) is 11.4 Å². The zero-order valence-corrected chi connectivity index (χ0v) is 23.5. The molecular formula is C38H28N4. The van der Waals surface area contributed by atoms with E-state index in [2.05, 4.69) is 91.0 Å². The smallest absolute Gasteiger partial charge is 0.160 e. The number of benzene rings is 5. The SMILES string of the molecule is Cc1cc(C)nc(-c2cc(-c3ccc4ccccc4c3)cc(-c3nc(-c4ccccc4)cc(-c4ccccc4)n3)c2)n1. The lowest BCUT2D eigenvalue weighted by Crippen LogP contribution is -1.98. The van der Waals surface area contributed by atoms with Gasteiger partial charge in [-0.2, -0.15) is 0 Å². The lowest BCUT2D eigenvalue weighted by Gasteiger charge is -2.13. The fourth-order valence-corrected chi connectivity index (χ4v) is 5.37. The molecule has 0 saturated heterocycles. The Kier molecular flexibility index (Phi) is 6.57. The predicted molar refractivity (Wildman–Crippen MR) is 172 cm³/mol. The number of hydrogen-bond acceptors (Lipinski definition) is 4. The molecule has 2 heterocycles. The first kappa shape index (κ1) is 25.5. The Morgan fingerprint density at radius 3 is 1.43 bits per heavy atom. The molecule has 0 bridgehead atoms. The van der Waals surface area contributed by atoms with E-state index < -0.39 is 0 Å². The van der Waals surface area contributed by atoms with E-state index in [0.717, 1.165) is 56.2 Å². The molecular weight excluding hydrogens is 512 g/mol. The van der Waals surface area contributed by atoms with Crippen LogP contribution < -0.4 is 0 Å². The van der Waals surface area contributed by atoms with Gasteiger partial charge in [0.2, 0.25) is 0 Å². The third-order valence-electron chi connectivity index (χ3n) is 7.38. The third kappa shape index (κ3) is 5.18. The molecule has 0 saturated carbocycles. The molecule has 0 fully saturated rings. The number of nitrogens with zero attached hydrogens (tertiary/aromatic N) is 4. The van der Waals surface area contributed by atoms with Crippen molar-refractivity contribution in [2.45, 2.75) is 13.8 Å². The monoisotopic (exact) mass is 540 g/mol. The van der Waals surface area contributed by atoms with Crippen molar-refractivity contribution in [3.05, 3.63) is 145 Å². The maximum Gasteiger partial charge on any atom is 0.160 e. The minimum Gasteiger partial charge on any atom is -0.233 e. The predicted octanol–water partition coefficient (Wildman–Crippen LogP) is 9.37. The van der Waals surface area contributed by atoms with Crippen LogP contribution in [0.3, 0.4) is 0 Å². The van der Waals surface area contributed by atoms with Gasteiger partial charge in [0.05, 0.1) is 11.4 Å². The van der Waals surface area contributed by atoms with E-state index in [4.69, 9.17) is 19.9 Å². The molecule has 0 N–H and O–H groups in total. The summed E-state index contributed by atoms with van der Waals surface area (Å²) in [5.41, 5.74) is 9.72. The van der Waals surface area contributed by atoms with Gasteiger partial charge < -0.3 is 0 Å². The van der Waals surface area contributed by atoms with Crippen molar-refractivity contribution in [2.24, 2.45) is 0 Å². The largest absolute Gasteiger partial charge is 0.233 e. The van der Waals surface area contributed by atoms with Gasteiger partial charge in [0.25, 0.3) is 0 Å². The van der Waals surface area contributed by atoms with Gasteiger partial charge in [-0.05, 0) is 72.1 Å². The maximum absolute atomic E-state index is 5.10. The van der Waals surface area contributed by atoms with Gasteiger partial charge in [0.1, 0.15) is 0 Å². The second-order valence-corrected chi connectivity index (χ2v) is 10.5. The highest BCUT2D eigenvalue weighted by Crippen LogP contribution is 2.34. The molecule has 4 heteroatoms. The van der Waals surface area contributed by atoms with Crippen molar-refractivity contribution in [3.63, 3.8) is 0 Å². The Labute approximate surface area is 245 Å². The van der Waals surface area contributed by atoms with Gasteiger partial charge in [-0.3, -0.25) is 0 Å². The van der Waals surface area contributed by atoms with E-state index in [0.29, 0.717) is 11.6 Å². The quantitative estimate of drug-likeness (QED) is 0.218. The van der Waals surface area contributed by atoms with E-state index in [1.165, 1.54) is 10.8 Å². The van der Waals surface area contributed by atoms with Crippen molar-refractivity contribution in [1.29, 1.82) is 0 Å². The van der Waals surface area contributed by atoms with Crippen molar-refractivity contribution in [2.75, 3.05) is 0 Å². The van der Waals surface area contributed by atoms with Crippen LogP contribution >= 0.6 is 0 Å². The average molecular weight is 541 g/mol. The van der Waals surface area contributed by atoms with Crippen molar-refractivity contribution < 1.29 is 0 Å². The molecule has 0 aliphatic carbocycles. The molecule has 5 aromatic carbocycles. The minimum atomic E-state index is 0.656. The standard InChI is InChI=1S/C38H28N4/c1-25-19-26(2)40-37(39-25)33-21-32(31-18-17-27-11-9-10-16-30(27)20-31)22-34(23-33)38-41-35(28-12-5-3-6-13-28)24-36(42-38)29-14-7-4-8-15-29/h3-24H,1-2H3. The zero-order chi connectivity index (χ0) is 28.5. The summed E-state index contributed by atoms with van der Waals surface area (Å²) in [5.74, 6) is 1.35. The van der Waals surface area contributed by atoms with Crippen molar-refractivity contribution in [1.82, 2.24) is 19.9 Å². The zero-order valence-electron chi connectivity index (χ0n) is 23.5. The van der Waals surface area contributed by atoms with Gasteiger partial charge in [0.15, 0.2) is 11.6 Å². The average Bonchev–Trinajstić information content (AvgIpc) is 3.04. The molecule has 0 amide bonds. The number of rotatable bonds is 5. The van der Waals surface area contributed by atoms with Gasteiger partial charge in [0, 0.05) is 33.6 Å². The van der Waals surface area contributed by atoms with Gasteiger partial charge >= 0.3 is 0 Å². The molecule has 0 unspecified atom stereocenters. The summed E-state index contributed by atoms with van der Waals surface area (Å²) in [7, 11) is 0. The van der Waals surface area contributed by atoms with Crippen LogP contribution in [0.5, 0.6) is 0 Å². The van der Waals surface area contributed by atoms with Gasteiger partial charge in [-0.25, -0.2) is 19.9 Å². The van der Waals surface area contributed by atoms with E-state index in [9.17, 15) is 0 Å². The molecule has 7 aromatic rings. The van der Waals surface area contributed by atoms with Crippen molar-refractivity contribution >= 4 is 10.8 Å². The van der Waals surface area contributed by atoms with Crippen molar-refractivity contribution in [3.8, 4) is 56.4 Å². The highest BCUT2D eigenvalue weighted by atomic mass is 14.9. The molecule has 4 nitrogen and oxygen atoms in total. The Bertz CT molecular complexity index is 1970. The molecule has 200 valence electrons. The summed E-state index contributed by atoms with van der Waals surface area (Å²) in [5, 5.41) is 2.40. The number of aryl methyl sites for hydroxylation is 2. The fraction of sp³-hybridized carbons (Fsp3) is 0.0526. The molecule has 2 aromatic heterocycles. The summed E-state index contributed by atoms with van der Waals surface area (Å²) in [6, 6.07) is 46.0. The van der Waals surface area contributed by atoms with Crippen LogP contribution in [-0.4, -0.2) is 19.9 Å². The molecule has 42 heavy (non-hydrogen) atoms. The maximum atomic E-state index is 5.10. The lowest BCUT2D eigenvalue weighted by atomic mass is 9.96. The Balaban J connectivity index is 1.47. The normalized spacial score (nSPS) is 11.1. The van der Waals surface area contributed by atoms with E-state index in [1.807, 2.05) is 56.3 Å². The van der Waals surface area contributed by atoms with Crippen LogP contribution in [0.25, 0.3) is 67.2 Å². The first-order valence-corrected chi connectivity index (χ1v) is 14.1. The minimum absolute atomic E-state index is 0.656. The summed E-state index contributed by atoms with van der Waals surface area (Å²) in [4.78, 5) is 19.8. The van der Waals surface area contributed by atoms with Crippen LogP contribution in [0, 0.1) is 13.8 Å². The van der Waals surface area contributed by atoms with Crippen LogP contribution in [0.15, 0.2) is 133 Å². The molecule has 7 rings (SSSR count). The highest BCUT2D eigenvalue weighted by molar-refractivity contribution is 5.89. The Hall–Kier alpha value is -5.48. The topological polar surface area (TPSA) is 51.6 Å². The molecule has 0 spiro atoms. The number of aromatic nitrogens is 4. The molecule has 0 radical (unpaired) electrons. The van der Waals surface area contributed by atoms with E-state index in [-0.39, 0.29) is 0 Å². The highest BCUT2D eigenvalue weighted by Gasteiger charge is 2.15. The first-order valence-electron chi connectivity index (χ1n) is 14.1. The second kappa shape index (κ2) is 10.8. The molecule has 0 aliphatic rings. The third-order valence-corrected chi connectivity index (χ3v) is 7.38. The molecule has 0 atom stereocenters. The summed E-state index contributed by atoms with van der Waals surface area (Å²) in [6.07, 6.45) is 0. The molecule has 0 aliphatic heterocycles. The van der Waals surface area contributed by atoms with Gasteiger partial charge in [-0.1, -0.05) is 97.1 Å². The summed E-state index contributed by atoms with van der Waals surface area (Å²) in [6.45, 7) is 4.01. The number of hydrogen-bond donors (Lipinski definition) is 0. The van der Waals surface area contributed by atoms with E-state index in [1.54, 1.807) is 0 Å². The summed E-state index contributed by atoms with van der Waals surface area (Å²) < 4.78 is 0. The van der Waals surface area contributed by atoms with E-state index >= 15 is 0 Å². The van der Waals surface area contributed by atoms with Crippen LogP contribution in [0.2, 0.25) is 0 Å². The Morgan fingerprint density at radius 1 is 0.333 bits per heavy atom. The first-order chi connectivity index (χ1) is 20.6. The fourth-order valence-electron chi connectivity index (χ4n) is 5.37. The summed E-state index contributed by atoms with van der Waals surface area (Å²) >= 11 is 0. The second-order valence-electron chi connectivity index (χ2n) is 10.5.